The maximum Gasteiger partial charge on any atom is 0.323 e. The number of hydrogen-bond acceptors (Lipinski definition) is 7. The Morgan fingerprint density at radius 1 is 1.14 bits per heavy atom. The molecule has 8 nitrogen and oxygen atoms in total. The molecule has 2 saturated heterocycles. The number of likely N-dealkylation sites (N-methyl/N-ethyl adjacent to an activating group) is 1. The van der Waals surface area contributed by atoms with Crippen molar-refractivity contribution < 1.29 is 9.53 Å². The second-order valence-corrected chi connectivity index (χ2v) is 10.3. The minimum absolute atomic E-state index is 0.0646. The monoisotopic (exact) mass is 500 g/mol. The van der Waals surface area contributed by atoms with Gasteiger partial charge < -0.3 is 19.9 Å². The Labute approximate surface area is 213 Å². The summed E-state index contributed by atoms with van der Waals surface area (Å²) in [6.07, 6.45) is 3.36. The third-order valence-corrected chi connectivity index (χ3v) is 7.71. The number of hydrogen-bond donors (Lipinski definition) is 2. The minimum Gasteiger partial charge on any atom is -0.496 e. The van der Waals surface area contributed by atoms with Crippen LogP contribution in [0.15, 0.2) is 23.6 Å². The van der Waals surface area contributed by atoms with Crippen LogP contribution in [0.25, 0.3) is 11.3 Å². The number of ether oxygens (including phenoxy) is 1. The molecule has 1 atom stereocenters. The Morgan fingerprint density at radius 3 is 2.69 bits per heavy atom. The molecule has 1 unspecified atom stereocenters. The zero-order valence-corrected chi connectivity index (χ0v) is 22.2. The van der Waals surface area contributed by atoms with Gasteiger partial charge in [-0.3, -0.25) is 10.2 Å². The fourth-order valence-corrected chi connectivity index (χ4v) is 5.67. The molecule has 3 heterocycles. The predicted octanol–water partition coefficient (Wildman–Crippen LogP) is 3.60. The van der Waals surface area contributed by atoms with Crippen LogP contribution < -0.4 is 15.4 Å². The highest BCUT2D eigenvalue weighted by Crippen LogP contribution is 2.33. The number of nitrogens with zero attached hydrogens (tertiary/aromatic N) is 4. The number of aromatic nitrogens is 1. The summed E-state index contributed by atoms with van der Waals surface area (Å²) in [6, 6.07) is 6.83. The van der Waals surface area contributed by atoms with Crippen molar-refractivity contribution in [3.63, 3.8) is 0 Å². The van der Waals surface area contributed by atoms with Crippen molar-refractivity contribution in [2.45, 2.75) is 39.2 Å². The molecule has 9 heteroatoms. The first-order valence-electron chi connectivity index (χ1n) is 13.0. The molecule has 0 radical (unpaired) electrons. The number of piperazine rings is 1. The van der Waals surface area contributed by atoms with E-state index in [4.69, 9.17) is 9.72 Å². The Balaban J connectivity index is 1.25. The van der Waals surface area contributed by atoms with Gasteiger partial charge in [-0.05, 0) is 43.6 Å². The lowest BCUT2D eigenvalue weighted by Crippen LogP contribution is -2.51. The van der Waals surface area contributed by atoms with E-state index in [2.05, 4.69) is 46.4 Å². The number of anilines is 1. The maximum atomic E-state index is 12.9. The largest absolute Gasteiger partial charge is 0.496 e. The van der Waals surface area contributed by atoms with E-state index in [1.165, 1.54) is 29.9 Å². The molecular formula is C26H40N6O2S. The molecule has 2 aliphatic heterocycles. The van der Waals surface area contributed by atoms with Crippen LogP contribution in [0.2, 0.25) is 0 Å². The molecular weight excluding hydrogens is 460 g/mol. The van der Waals surface area contributed by atoms with Gasteiger partial charge in [-0.2, -0.15) is 0 Å². The van der Waals surface area contributed by atoms with Gasteiger partial charge in [-0.15, -0.1) is 11.3 Å². The standard InChI is InChI=1S/C26H40N6O2S/c1-4-6-20-7-8-24(34-3)22(17-20)23-19-35-25(28-23)29-26(33)32-15-13-30(14-16-32)11-12-31-10-9-21(18-31)27-5-2/h7-8,17,19,21,27H,4-6,9-16,18H2,1-3H3,(H,28,29,33). The van der Waals surface area contributed by atoms with E-state index in [1.807, 2.05) is 16.3 Å². The van der Waals surface area contributed by atoms with E-state index in [0.717, 1.165) is 82.2 Å². The number of amides is 2. The van der Waals surface area contributed by atoms with E-state index in [0.29, 0.717) is 11.2 Å². The molecule has 192 valence electrons. The number of benzene rings is 1. The topological polar surface area (TPSA) is 73.0 Å². The molecule has 2 N–H and O–H groups in total. The van der Waals surface area contributed by atoms with Gasteiger partial charge in [0.2, 0.25) is 0 Å². The molecule has 2 fully saturated rings. The summed E-state index contributed by atoms with van der Waals surface area (Å²) in [4.78, 5) is 24.5. The molecule has 0 saturated carbocycles. The summed E-state index contributed by atoms with van der Waals surface area (Å²) in [5.74, 6) is 0.801. The van der Waals surface area contributed by atoms with Crippen LogP contribution in [0, 0.1) is 0 Å². The van der Waals surface area contributed by atoms with Crippen molar-refractivity contribution in [1.82, 2.24) is 25.0 Å². The average molecular weight is 501 g/mol. The minimum atomic E-state index is -0.0646. The van der Waals surface area contributed by atoms with E-state index in [-0.39, 0.29) is 6.03 Å². The fourth-order valence-electron chi connectivity index (χ4n) is 4.97. The van der Waals surface area contributed by atoms with Gasteiger partial charge in [0.05, 0.1) is 12.8 Å². The van der Waals surface area contributed by atoms with Gasteiger partial charge in [0.15, 0.2) is 5.13 Å². The fraction of sp³-hybridized carbons (Fsp3) is 0.615. The van der Waals surface area contributed by atoms with Crippen molar-refractivity contribution in [1.29, 1.82) is 0 Å². The number of likely N-dealkylation sites (tertiary alicyclic amines) is 1. The van der Waals surface area contributed by atoms with Gasteiger partial charge in [-0.1, -0.05) is 26.3 Å². The molecule has 0 spiro atoms. The Hall–Kier alpha value is -2.20. The number of thiazole rings is 1. The highest BCUT2D eigenvalue weighted by molar-refractivity contribution is 7.14. The van der Waals surface area contributed by atoms with Crippen LogP contribution >= 0.6 is 11.3 Å². The van der Waals surface area contributed by atoms with Crippen molar-refractivity contribution in [3.8, 4) is 17.0 Å². The van der Waals surface area contributed by atoms with E-state index < -0.39 is 0 Å². The number of methoxy groups -OCH3 is 1. The number of carbonyl (C=O) groups excluding carboxylic acids is 1. The van der Waals surface area contributed by atoms with Gasteiger partial charge >= 0.3 is 6.03 Å². The predicted molar refractivity (Wildman–Crippen MR) is 144 cm³/mol. The summed E-state index contributed by atoms with van der Waals surface area (Å²) >= 11 is 1.46. The second kappa shape index (κ2) is 12.7. The third-order valence-electron chi connectivity index (χ3n) is 6.95. The van der Waals surface area contributed by atoms with Gasteiger partial charge in [0, 0.05) is 62.8 Å². The number of aryl methyl sites for hydroxylation is 1. The van der Waals surface area contributed by atoms with Gasteiger partial charge in [0.25, 0.3) is 0 Å². The Morgan fingerprint density at radius 2 is 1.94 bits per heavy atom. The average Bonchev–Trinajstić information content (AvgIpc) is 3.53. The third kappa shape index (κ3) is 6.94. The maximum absolute atomic E-state index is 12.9. The molecule has 2 aromatic rings. The van der Waals surface area contributed by atoms with Crippen molar-refractivity contribution in [3.05, 3.63) is 29.1 Å². The number of rotatable bonds is 10. The van der Waals surface area contributed by atoms with Gasteiger partial charge in [-0.25, -0.2) is 9.78 Å². The highest BCUT2D eigenvalue weighted by Gasteiger charge is 2.25. The normalized spacial score (nSPS) is 19.3. The Kier molecular flexibility index (Phi) is 9.37. The van der Waals surface area contributed by atoms with Crippen LogP contribution in [0.4, 0.5) is 9.93 Å². The lowest BCUT2D eigenvalue weighted by atomic mass is 10.0. The first kappa shape index (κ1) is 25.9. The molecule has 0 bridgehead atoms. The smallest absolute Gasteiger partial charge is 0.323 e. The van der Waals surface area contributed by atoms with E-state index >= 15 is 0 Å². The van der Waals surface area contributed by atoms with E-state index in [1.54, 1.807) is 7.11 Å². The quantitative estimate of drug-likeness (QED) is 0.519. The van der Waals surface area contributed by atoms with E-state index in [9.17, 15) is 4.79 Å². The van der Waals surface area contributed by atoms with Crippen molar-refractivity contribution in [2.75, 3.05) is 71.3 Å². The molecule has 0 aliphatic carbocycles. The lowest BCUT2D eigenvalue weighted by molar-refractivity contribution is 0.137. The molecule has 4 rings (SSSR count). The first-order valence-corrected chi connectivity index (χ1v) is 13.8. The summed E-state index contributed by atoms with van der Waals surface area (Å²) in [5.41, 5.74) is 3.07. The highest BCUT2D eigenvalue weighted by atomic mass is 32.1. The number of carbonyl (C=O) groups is 1. The van der Waals surface area contributed by atoms with Crippen LogP contribution in [0.5, 0.6) is 5.75 Å². The zero-order chi connectivity index (χ0) is 24.6. The Bertz CT molecular complexity index is 959. The van der Waals surface area contributed by atoms with Crippen LogP contribution in [-0.4, -0.2) is 97.8 Å². The second-order valence-electron chi connectivity index (χ2n) is 9.43. The summed E-state index contributed by atoms with van der Waals surface area (Å²) in [7, 11) is 1.68. The molecule has 1 aromatic carbocycles. The van der Waals surface area contributed by atoms with Crippen molar-refractivity contribution >= 4 is 22.5 Å². The molecule has 1 aromatic heterocycles. The van der Waals surface area contributed by atoms with Crippen LogP contribution in [-0.2, 0) is 6.42 Å². The first-order chi connectivity index (χ1) is 17.1. The number of nitrogens with one attached hydrogen (secondary N) is 2. The van der Waals surface area contributed by atoms with Crippen molar-refractivity contribution in [2.24, 2.45) is 0 Å². The van der Waals surface area contributed by atoms with Crippen LogP contribution in [0.1, 0.15) is 32.3 Å². The van der Waals surface area contributed by atoms with Crippen LogP contribution in [0.3, 0.4) is 0 Å². The zero-order valence-electron chi connectivity index (χ0n) is 21.4. The number of urea groups is 1. The molecule has 2 aliphatic rings. The SMILES string of the molecule is CCCc1ccc(OC)c(-c2csc(NC(=O)N3CCN(CCN4CCC(NCC)C4)CC3)n2)c1. The lowest BCUT2D eigenvalue weighted by Gasteiger charge is -2.35. The summed E-state index contributed by atoms with van der Waals surface area (Å²) in [6.45, 7) is 13.3. The summed E-state index contributed by atoms with van der Waals surface area (Å²) < 4.78 is 5.56. The molecule has 2 amide bonds. The molecule has 35 heavy (non-hydrogen) atoms. The van der Waals surface area contributed by atoms with Gasteiger partial charge in [0.1, 0.15) is 5.75 Å². The summed E-state index contributed by atoms with van der Waals surface area (Å²) in [5, 5.41) is 9.18.